The van der Waals surface area contributed by atoms with Gasteiger partial charge in [0.05, 0.1) is 29.3 Å². The van der Waals surface area contributed by atoms with E-state index < -0.39 is 11.7 Å². The second-order valence-corrected chi connectivity index (χ2v) is 8.48. The van der Waals surface area contributed by atoms with Crippen molar-refractivity contribution in [2.24, 2.45) is 24.8 Å². The monoisotopic (exact) mass is 436 g/mol. The van der Waals surface area contributed by atoms with Crippen LogP contribution in [-0.2, 0) is 19.8 Å². The largest absolute Gasteiger partial charge is 0.492 e. The minimum Gasteiger partial charge on any atom is -0.492 e. The van der Waals surface area contributed by atoms with Gasteiger partial charge in [-0.25, -0.2) is 9.97 Å². The molecule has 1 saturated heterocycles. The molecule has 1 saturated carbocycles. The van der Waals surface area contributed by atoms with Crippen molar-refractivity contribution >= 4 is 22.8 Å². The van der Waals surface area contributed by atoms with Crippen LogP contribution in [0, 0.1) is 17.8 Å². The molecule has 3 heterocycles. The zero-order valence-electron chi connectivity index (χ0n) is 16.2. The van der Waals surface area contributed by atoms with Crippen LogP contribution in [0.4, 0.5) is 13.2 Å². The Hall–Kier alpha value is -2.32. The van der Waals surface area contributed by atoms with Gasteiger partial charge in [0.1, 0.15) is 11.6 Å². The molecule has 158 valence electrons. The van der Waals surface area contributed by atoms with E-state index in [0.717, 1.165) is 48.8 Å². The SMILES string of the molecule is Cn1c(CN2C[C@@H]3C(COc4cc(C(F)(F)F)ccc4Cl)[C@@H]3C2)nc2ncccc21. The Labute approximate surface area is 176 Å². The van der Waals surface area contributed by atoms with Gasteiger partial charge >= 0.3 is 6.18 Å². The van der Waals surface area contributed by atoms with Gasteiger partial charge in [-0.05, 0) is 42.2 Å². The highest BCUT2D eigenvalue weighted by atomic mass is 35.5. The number of nitrogens with zero attached hydrogens (tertiary/aromatic N) is 4. The Kier molecular flexibility index (Phi) is 4.67. The lowest BCUT2D eigenvalue weighted by Crippen LogP contribution is -2.26. The summed E-state index contributed by atoms with van der Waals surface area (Å²) in [6.07, 6.45) is -2.67. The van der Waals surface area contributed by atoms with Crippen LogP contribution in [0.25, 0.3) is 11.2 Å². The van der Waals surface area contributed by atoms with E-state index >= 15 is 0 Å². The number of halogens is 4. The minimum absolute atomic E-state index is 0.0977. The highest BCUT2D eigenvalue weighted by Gasteiger charge is 2.55. The van der Waals surface area contributed by atoms with E-state index in [2.05, 4.69) is 19.4 Å². The predicted octanol–water partition coefficient (Wildman–Crippen LogP) is 4.40. The number of ether oxygens (including phenoxy) is 1. The zero-order valence-corrected chi connectivity index (χ0v) is 17.0. The molecule has 1 unspecified atom stereocenters. The van der Waals surface area contributed by atoms with Gasteiger partial charge in [-0.15, -0.1) is 0 Å². The number of fused-ring (bicyclic) bond motifs is 2. The van der Waals surface area contributed by atoms with Crippen LogP contribution in [0.2, 0.25) is 5.02 Å². The van der Waals surface area contributed by atoms with Crippen molar-refractivity contribution in [2.75, 3.05) is 19.7 Å². The van der Waals surface area contributed by atoms with Gasteiger partial charge in [0, 0.05) is 32.3 Å². The molecular formula is C21H20ClF3N4O. The lowest BCUT2D eigenvalue weighted by molar-refractivity contribution is -0.137. The molecule has 0 N–H and O–H groups in total. The molecule has 3 atom stereocenters. The van der Waals surface area contributed by atoms with Gasteiger partial charge in [-0.3, -0.25) is 4.90 Å². The molecule has 2 aliphatic rings. The molecule has 1 aliphatic carbocycles. The maximum absolute atomic E-state index is 12.9. The van der Waals surface area contributed by atoms with E-state index in [-0.39, 0.29) is 10.8 Å². The first-order valence-corrected chi connectivity index (χ1v) is 10.2. The van der Waals surface area contributed by atoms with Crippen molar-refractivity contribution in [3.63, 3.8) is 0 Å². The molecule has 2 fully saturated rings. The standard InChI is InChI=1S/C21H20ClF3N4O/c1-28-17-3-2-6-26-20(17)27-19(28)10-29-8-13-14(9-29)15(13)11-30-18-7-12(21(23,24)25)4-5-16(18)22/h2-7,13-15H,8-11H2,1H3/t13-,14+,15?. The Morgan fingerprint density at radius 2 is 1.97 bits per heavy atom. The Bertz CT molecular complexity index is 1090. The number of aromatic nitrogens is 3. The molecule has 0 radical (unpaired) electrons. The third-order valence-corrected chi connectivity index (χ3v) is 6.56. The van der Waals surface area contributed by atoms with Crippen molar-refractivity contribution in [1.82, 2.24) is 19.4 Å². The first-order chi connectivity index (χ1) is 14.3. The number of piperidine rings is 1. The van der Waals surface area contributed by atoms with Gasteiger partial charge < -0.3 is 9.30 Å². The van der Waals surface area contributed by atoms with Crippen LogP contribution in [-0.4, -0.2) is 39.1 Å². The van der Waals surface area contributed by atoms with Gasteiger partial charge in [-0.1, -0.05) is 11.6 Å². The molecule has 0 amide bonds. The summed E-state index contributed by atoms with van der Waals surface area (Å²) in [5, 5.41) is 0.200. The van der Waals surface area contributed by atoms with Crippen molar-refractivity contribution in [3.05, 3.63) is 52.9 Å². The number of hydrogen-bond acceptors (Lipinski definition) is 4. The second kappa shape index (κ2) is 7.13. The van der Waals surface area contributed by atoms with Crippen molar-refractivity contribution in [2.45, 2.75) is 12.7 Å². The molecule has 0 bridgehead atoms. The molecule has 3 aromatic rings. The van der Waals surface area contributed by atoms with Gasteiger partial charge in [0.25, 0.3) is 0 Å². The van der Waals surface area contributed by atoms with E-state index in [4.69, 9.17) is 16.3 Å². The van der Waals surface area contributed by atoms with Crippen LogP contribution in [0.5, 0.6) is 5.75 Å². The molecule has 9 heteroatoms. The van der Waals surface area contributed by atoms with E-state index in [1.54, 1.807) is 6.20 Å². The van der Waals surface area contributed by atoms with Crippen molar-refractivity contribution in [3.8, 4) is 5.75 Å². The number of likely N-dealkylation sites (tertiary alicyclic amines) is 1. The summed E-state index contributed by atoms with van der Waals surface area (Å²) in [5.41, 5.74) is 1.02. The average Bonchev–Trinajstić information content (AvgIpc) is 3.02. The van der Waals surface area contributed by atoms with Crippen LogP contribution >= 0.6 is 11.6 Å². The number of hydrogen-bond donors (Lipinski definition) is 0. The number of pyridine rings is 1. The fourth-order valence-electron chi connectivity index (χ4n) is 4.50. The molecule has 30 heavy (non-hydrogen) atoms. The predicted molar refractivity (Wildman–Crippen MR) is 106 cm³/mol. The summed E-state index contributed by atoms with van der Waals surface area (Å²) in [6.45, 7) is 3.02. The summed E-state index contributed by atoms with van der Waals surface area (Å²) >= 11 is 6.02. The lowest BCUT2D eigenvalue weighted by atomic mass is 10.2. The van der Waals surface area contributed by atoms with E-state index in [1.807, 2.05) is 19.2 Å². The fraction of sp³-hybridized carbons (Fsp3) is 0.429. The number of rotatable bonds is 5. The molecule has 0 spiro atoms. The highest BCUT2D eigenvalue weighted by molar-refractivity contribution is 6.32. The van der Waals surface area contributed by atoms with Crippen LogP contribution in [0.15, 0.2) is 36.5 Å². The van der Waals surface area contributed by atoms with E-state index in [9.17, 15) is 13.2 Å². The van der Waals surface area contributed by atoms with Gasteiger partial charge in [0.2, 0.25) is 0 Å². The van der Waals surface area contributed by atoms with Crippen LogP contribution < -0.4 is 4.74 Å². The first kappa shape index (κ1) is 19.6. The third-order valence-electron chi connectivity index (χ3n) is 6.25. The van der Waals surface area contributed by atoms with E-state index in [1.165, 1.54) is 6.07 Å². The summed E-state index contributed by atoms with van der Waals surface area (Å²) < 4.78 is 46.4. The maximum Gasteiger partial charge on any atom is 0.416 e. The maximum atomic E-state index is 12.9. The normalized spacial score (nSPS) is 23.7. The number of imidazole rings is 1. The Morgan fingerprint density at radius 1 is 1.20 bits per heavy atom. The molecule has 1 aromatic carbocycles. The summed E-state index contributed by atoms with van der Waals surface area (Å²) in [4.78, 5) is 11.3. The Morgan fingerprint density at radius 3 is 2.67 bits per heavy atom. The summed E-state index contributed by atoms with van der Waals surface area (Å²) in [5.74, 6) is 2.44. The van der Waals surface area contributed by atoms with Crippen LogP contribution in [0.1, 0.15) is 11.4 Å². The van der Waals surface area contributed by atoms with E-state index in [0.29, 0.717) is 24.4 Å². The van der Waals surface area contributed by atoms with Crippen molar-refractivity contribution < 1.29 is 17.9 Å². The molecule has 1 aliphatic heterocycles. The molecule has 2 aromatic heterocycles. The fourth-order valence-corrected chi connectivity index (χ4v) is 4.68. The first-order valence-electron chi connectivity index (χ1n) is 9.79. The van der Waals surface area contributed by atoms with Crippen LogP contribution in [0.3, 0.4) is 0 Å². The smallest absolute Gasteiger partial charge is 0.416 e. The second-order valence-electron chi connectivity index (χ2n) is 8.07. The highest BCUT2D eigenvalue weighted by Crippen LogP contribution is 2.52. The average molecular weight is 437 g/mol. The lowest BCUT2D eigenvalue weighted by Gasteiger charge is -2.19. The van der Waals surface area contributed by atoms with Gasteiger partial charge in [0.15, 0.2) is 5.65 Å². The summed E-state index contributed by atoms with van der Waals surface area (Å²) in [6, 6.07) is 7.09. The number of benzene rings is 1. The van der Waals surface area contributed by atoms with Crippen molar-refractivity contribution in [1.29, 1.82) is 0 Å². The topological polar surface area (TPSA) is 43.2 Å². The third kappa shape index (κ3) is 3.52. The Balaban J connectivity index is 1.17. The minimum atomic E-state index is -4.41. The van der Waals surface area contributed by atoms with Gasteiger partial charge in [-0.2, -0.15) is 13.2 Å². The number of alkyl halides is 3. The molecule has 5 rings (SSSR count). The summed E-state index contributed by atoms with van der Waals surface area (Å²) in [7, 11) is 2.00. The quantitative estimate of drug-likeness (QED) is 0.594. The molecular weight excluding hydrogens is 417 g/mol. The molecule has 5 nitrogen and oxygen atoms in total. The zero-order chi connectivity index (χ0) is 21.0. The number of aryl methyl sites for hydroxylation is 1.